The lowest BCUT2D eigenvalue weighted by molar-refractivity contribution is 0.261. The van der Waals surface area contributed by atoms with E-state index >= 15 is 0 Å². The number of hydrogen-bond acceptors (Lipinski definition) is 4. The minimum atomic E-state index is 0.151. The first-order valence-corrected chi connectivity index (χ1v) is 5.84. The van der Waals surface area contributed by atoms with Gasteiger partial charge in [-0.05, 0) is 19.4 Å². The zero-order chi connectivity index (χ0) is 12.3. The Labute approximate surface area is 97.8 Å². The number of hydrogen-bond donors (Lipinski definition) is 1. The van der Waals surface area contributed by atoms with Gasteiger partial charge in [0.15, 0.2) is 5.82 Å². The summed E-state index contributed by atoms with van der Waals surface area (Å²) in [5, 5.41) is 7.17. The minimum absolute atomic E-state index is 0.151. The van der Waals surface area contributed by atoms with Crippen LogP contribution in [0.4, 0.5) is 0 Å². The van der Waals surface area contributed by atoms with Crippen molar-refractivity contribution >= 4 is 0 Å². The van der Waals surface area contributed by atoms with Crippen molar-refractivity contribution in [2.24, 2.45) is 5.41 Å². The summed E-state index contributed by atoms with van der Waals surface area (Å²) in [6, 6.07) is 0.371. The number of rotatable bonds is 4. The SMILES string of the molecule is CNC(C)Cc1noc(C(C)C(C)(C)C)n1. The van der Waals surface area contributed by atoms with Gasteiger partial charge in [0, 0.05) is 18.4 Å². The Bertz CT molecular complexity index is 327. The molecule has 92 valence electrons. The van der Waals surface area contributed by atoms with Gasteiger partial charge < -0.3 is 9.84 Å². The third kappa shape index (κ3) is 3.30. The van der Waals surface area contributed by atoms with Crippen molar-refractivity contribution < 1.29 is 4.52 Å². The first-order valence-electron chi connectivity index (χ1n) is 5.84. The molecular formula is C12H23N3O. The topological polar surface area (TPSA) is 51.0 Å². The van der Waals surface area contributed by atoms with Crippen LogP contribution in [0.25, 0.3) is 0 Å². The highest BCUT2D eigenvalue weighted by molar-refractivity contribution is 4.98. The van der Waals surface area contributed by atoms with Crippen molar-refractivity contribution in [1.82, 2.24) is 15.5 Å². The average molecular weight is 225 g/mol. The molecule has 16 heavy (non-hydrogen) atoms. The molecule has 4 nitrogen and oxygen atoms in total. The Morgan fingerprint density at radius 2 is 1.94 bits per heavy atom. The molecule has 0 radical (unpaired) electrons. The standard InChI is InChI=1S/C12H23N3O/c1-8(13-6)7-10-14-11(16-15-10)9(2)12(3,4)5/h8-9,13H,7H2,1-6H3. The Balaban J connectivity index is 2.71. The maximum atomic E-state index is 5.31. The van der Waals surface area contributed by atoms with Gasteiger partial charge in [-0.25, -0.2) is 0 Å². The second-order valence-corrected chi connectivity index (χ2v) is 5.53. The molecule has 1 heterocycles. The van der Waals surface area contributed by atoms with Gasteiger partial charge in [0.05, 0.1) is 0 Å². The zero-order valence-electron chi connectivity index (χ0n) is 11.2. The molecule has 0 bridgehead atoms. The lowest BCUT2D eigenvalue weighted by Gasteiger charge is -2.23. The second kappa shape index (κ2) is 4.95. The van der Waals surface area contributed by atoms with Crippen LogP contribution in [-0.2, 0) is 6.42 Å². The summed E-state index contributed by atoms with van der Waals surface area (Å²) in [4.78, 5) is 4.45. The fraction of sp³-hybridized carbons (Fsp3) is 0.833. The molecule has 4 heteroatoms. The van der Waals surface area contributed by atoms with Crippen LogP contribution in [0.1, 0.15) is 52.3 Å². The minimum Gasteiger partial charge on any atom is -0.339 e. The normalized spacial score (nSPS) is 16.1. The summed E-state index contributed by atoms with van der Waals surface area (Å²) in [5.74, 6) is 1.80. The zero-order valence-corrected chi connectivity index (χ0v) is 11.2. The maximum absolute atomic E-state index is 5.31. The highest BCUT2D eigenvalue weighted by Crippen LogP contribution is 2.33. The van der Waals surface area contributed by atoms with Gasteiger partial charge in [-0.2, -0.15) is 4.98 Å². The van der Waals surface area contributed by atoms with Crippen molar-refractivity contribution in [3.05, 3.63) is 11.7 Å². The van der Waals surface area contributed by atoms with E-state index in [-0.39, 0.29) is 11.3 Å². The van der Waals surface area contributed by atoms with Crippen molar-refractivity contribution in [2.75, 3.05) is 7.05 Å². The lowest BCUT2D eigenvalue weighted by Crippen LogP contribution is -2.24. The summed E-state index contributed by atoms with van der Waals surface area (Å²) in [5.41, 5.74) is 0.151. The van der Waals surface area contributed by atoms with Crippen LogP contribution >= 0.6 is 0 Å². The Hall–Kier alpha value is -0.900. The van der Waals surface area contributed by atoms with E-state index in [2.05, 4.69) is 50.1 Å². The van der Waals surface area contributed by atoms with Crippen LogP contribution in [0.5, 0.6) is 0 Å². The Morgan fingerprint density at radius 1 is 1.31 bits per heavy atom. The summed E-state index contributed by atoms with van der Waals surface area (Å²) < 4.78 is 5.31. The molecule has 0 aromatic carbocycles. The van der Waals surface area contributed by atoms with Gasteiger partial charge in [0.2, 0.25) is 5.89 Å². The first-order chi connectivity index (χ1) is 7.34. The highest BCUT2D eigenvalue weighted by Gasteiger charge is 2.26. The monoisotopic (exact) mass is 225 g/mol. The number of nitrogens with zero attached hydrogens (tertiary/aromatic N) is 2. The highest BCUT2D eigenvalue weighted by atomic mass is 16.5. The van der Waals surface area contributed by atoms with Crippen LogP contribution in [0, 0.1) is 5.41 Å². The molecular weight excluding hydrogens is 202 g/mol. The predicted octanol–water partition coefficient (Wildman–Crippen LogP) is 2.37. The molecule has 0 aliphatic rings. The Kier molecular flexibility index (Phi) is 4.08. The fourth-order valence-electron chi connectivity index (χ4n) is 1.27. The third-order valence-electron chi connectivity index (χ3n) is 3.13. The van der Waals surface area contributed by atoms with Gasteiger partial charge in [-0.3, -0.25) is 0 Å². The van der Waals surface area contributed by atoms with Crippen molar-refractivity contribution in [2.45, 2.75) is 53.0 Å². The molecule has 1 N–H and O–H groups in total. The molecule has 0 saturated carbocycles. The predicted molar refractivity (Wildman–Crippen MR) is 64.4 cm³/mol. The van der Waals surface area contributed by atoms with E-state index in [9.17, 15) is 0 Å². The van der Waals surface area contributed by atoms with E-state index in [0.717, 1.165) is 18.1 Å². The van der Waals surface area contributed by atoms with Crippen LogP contribution in [0.15, 0.2) is 4.52 Å². The van der Waals surface area contributed by atoms with E-state index in [4.69, 9.17) is 4.52 Å². The number of likely N-dealkylation sites (N-methyl/N-ethyl adjacent to an activating group) is 1. The quantitative estimate of drug-likeness (QED) is 0.854. The Morgan fingerprint density at radius 3 is 2.44 bits per heavy atom. The first kappa shape index (κ1) is 13.2. The summed E-state index contributed by atoms with van der Waals surface area (Å²) in [7, 11) is 1.93. The van der Waals surface area contributed by atoms with Crippen LogP contribution in [-0.4, -0.2) is 23.2 Å². The molecule has 0 spiro atoms. The van der Waals surface area contributed by atoms with E-state index in [1.165, 1.54) is 0 Å². The van der Waals surface area contributed by atoms with Crippen LogP contribution < -0.4 is 5.32 Å². The fourth-order valence-corrected chi connectivity index (χ4v) is 1.27. The van der Waals surface area contributed by atoms with E-state index in [1.54, 1.807) is 0 Å². The van der Waals surface area contributed by atoms with E-state index in [1.807, 2.05) is 7.05 Å². The van der Waals surface area contributed by atoms with Gasteiger partial charge in [0.25, 0.3) is 0 Å². The lowest BCUT2D eigenvalue weighted by atomic mass is 9.82. The van der Waals surface area contributed by atoms with Gasteiger partial charge in [-0.15, -0.1) is 0 Å². The number of aromatic nitrogens is 2. The summed E-state index contributed by atoms with van der Waals surface area (Å²) in [6.07, 6.45) is 0.802. The second-order valence-electron chi connectivity index (χ2n) is 5.53. The van der Waals surface area contributed by atoms with Crippen molar-refractivity contribution in [1.29, 1.82) is 0 Å². The van der Waals surface area contributed by atoms with Crippen LogP contribution in [0.3, 0.4) is 0 Å². The van der Waals surface area contributed by atoms with E-state index < -0.39 is 0 Å². The van der Waals surface area contributed by atoms with Gasteiger partial charge in [0.1, 0.15) is 0 Å². The van der Waals surface area contributed by atoms with E-state index in [0.29, 0.717) is 6.04 Å². The van der Waals surface area contributed by atoms with Gasteiger partial charge >= 0.3 is 0 Å². The molecule has 0 aliphatic carbocycles. The molecule has 2 atom stereocenters. The van der Waals surface area contributed by atoms with Gasteiger partial charge in [-0.1, -0.05) is 32.9 Å². The molecule has 1 aromatic rings. The molecule has 0 fully saturated rings. The maximum Gasteiger partial charge on any atom is 0.230 e. The van der Waals surface area contributed by atoms with Crippen molar-refractivity contribution in [3.8, 4) is 0 Å². The molecule has 0 aliphatic heterocycles. The van der Waals surface area contributed by atoms with Crippen molar-refractivity contribution in [3.63, 3.8) is 0 Å². The molecule has 0 amide bonds. The third-order valence-corrected chi connectivity index (χ3v) is 3.13. The molecule has 0 saturated heterocycles. The smallest absolute Gasteiger partial charge is 0.230 e. The molecule has 1 aromatic heterocycles. The van der Waals surface area contributed by atoms with Crippen LogP contribution in [0.2, 0.25) is 0 Å². The summed E-state index contributed by atoms with van der Waals surface area (Å²) in [6.45, 7) is 10.8. The summed E-state index contributed by atoms with van der Waals surface area (Å²) >= 11 is 0. The average Bonchev–Trinajstić information content (AvgIpc) is 2.63. The number of nitrogens with one attached hydrogen (secondary N) is 1. The molecule has 2 unspecified atom stereocenters. The molecule has 1 rings (SSSR count). The largest absolute Gasteiger partial charge is 0.339 e.